The number of hydrogen-bond donors (Lipinski definition) is 2. The first-order valence-corrected chi connectivity index (χ1v) is 9.03. The summed E-state index contributed by atoms with van der Waals surface area (Å²) in [5.74, 6) is -0.999. The Morgan fingerprint density at radius 3 is 2.73 bits per heavy atom. The summed E-state index contributed by atoms with van der Waals surface area (Å²) in [7, 11) is 0. The third-order valence-electron chi connectivity index (χ3n) is 3.73. The molecule has 26 heavy (non-hydrogen) atoms. The average molecular weight is 389 g/mol. The van der Waals surface area contributed by atoms with Crippen LogP contribution in [0.3, 0.4) is 0 Å². The Morgan fingerprint density at radius 2 is 2.04 bits per heavy atom. The van der Waals surface area contributed by atoms with Crippen LogP contribution in [0.15, 0.2) is 45.7 Å². The molecule has 1 aliphatic heterocycles. The molecule has 1 aromatic heterocycles. The summed E-state index contributed by atoms with van der Waals surface area (Å²) >= 11 is 6.32. The van der Waals surface area contributed by atoms with Crippen molar-refractivity contribution in [2.75, 3.05) is 6.54 Å². The van der Waals surface area contributed by atoms with Crippen molar-refractivity contribution in [3.05, 3.63) is 46.9 Å². The molecule has 1 aliphatic rings. The minimum atomic E-state index is -0.914. The molecule has 0 bridgehead atoms. The first-order chi connectivity index (χ1) is 12.5. The highest BCUT2D eigenvalue weighted by atomic mass is 32.2. The zero-order chi connectivity index (χ0) is 18.7. The van der Waals surface area contributed by atoms with Gasteiger partial charge < -0.3 is 14.6 Å². The number of carboxylic acids is 1. The molecule has 2 aromatic rings. The third-order valence-corrected chi connectivity index (χ3v) is 5.11. The summed E-state index contributed by atoms with van der Waals surface area (Å²) in [5.41, 5.74) is 1.19. The lowest BCUT2D eigenvalue weighted by Crippen LogP contribution is -2.29. The zero-order valence-corrected chi connectivity index (χ0v) is 15.2. The van der Waals surface area contributed by atoms with Gasteiger partial charge in [-0.25, -0.2) is 0 Å². The summed E-state index contributed by atoms with van der Waals surface area (Å²) in [6.07, 6.45) is 1.82. The van der Waals surface area contributed by atoms with Gasteiger partial charge in [0.25, 0.3) is 11.9 Å². The predicted octanol–water partition coefficient (Wildman–Crippen LogP) is 3.72. The van der Waals surface area contributed by atoms with Gasteiger partial charge in [-0.3, -0.25) is 14.5 Å². The second-order valence-electron chi connectivity index (χ2n) is 5.57. The number of carbonyl (C=O) groups excluding carboxylic acids is 1. The molecule has 0 aliphatic carbocycles. The molecule has 0 radical (unpaired) electrons. The molecule has 2 heterocycles. The molecular formula is C18H15NO5S2. The van der Waals surface area contributed by atoms with Crippen LogP contribution in [0.4, 0.5) is 0 Å². The number of hydrogen-bond acceptors (Lipinski definition) is 6. The van der Waals surface area contributed by atoms with Gasteiger partial charge in [-0.1, -0.05) is 54.3 Å². The SMILES string of the molecule is O=C(O)CCCN1C(=O)C(=Cc2cc(-c3ccccc3)oc2O)SC1=S. The molecule has 0 atom stereocenters. The molecule has 1 saturated heterocycles. The number of aliphatic carboxylic acids is 1. The maximum atomic E-state index is 12.5. The summed E-state index contributed by atoms with van der Waals surface area (Å²) in [6, 6.07) is 11.0. The standard InChI is InChI=1S/C18H15NO5S2/c20-15(21)7-4-8-19-16(22)14(26-18(19)25)10-12-9-13(24-17(12)23)11-5-2-1-3-6-11/h1-3,5-6,9-10,23H,4,7-8H2,(H,20,21). The number of carboxylic acid groups (broad SMARTS) is 1. The number of thiocarbonyl (C=S) groups is 1. The minimum Gasteiger partial charge on any atom is -0.481 e. The highest BCUT2D eigenvalue weighted by Gasteiger charge is 2.32. The molecule has 8 heteroatoms. The first-order valence-electron chi connectivity index (χ1n) is 7.81. The monoisotopic (exact) mass is 389 g/mol. The van der Waals surface area contributed by atoms with Crippen LogP contribution in [0.2, 0.25) is 0 Å². The predicted molar refractivity (Wildman–Crippen MR) is 103 cm³/mol. The fourth-order valence-electron chi connectivity index (χ4n) is 2.47. The molecule has 1 amide bonds. The van der Waals surface area contributed by atoms with Gasteiger partial charge in [0.2, 0.25) is 0 Å². The fraction of sp³-hybridized carbons (Fsp3) is 0.167. The maximum Gasteiger partial charge on any atom is 0.303 e. The number of benzene rings is 1. The first kappa shape index (κ1) is 18.2. The van der Waals surface area contributed by atoms with E-state index < -0.39 is 5.97 Å². The van der Waals surface area contributed by atoms with Gasteiger partial charge in [0.1, 0.15) is 10.1 Å². The number of aromatic hydroxyl groups is 1. The van der Waals surface area contributed by atoms with Crippen molar-refractivity contribution in [2.45, 2.75) is 12.8 Å². The number of furan rings is 1. The molecule has 2 N–H and O–H groups in total. The topological polar surface area (TPSA) is 91.0 Å². The smallest absolute Gasteiger partial charge is 0.303 e. The fourth-order valence-corrected chi connectivity index (χ4v) is 3.77. The Hall–Kier alpha value is -2.58. The van der Waals surface area contributed by atoms with Crippen LogP contribution in [-0.2, 0) is 9.59 Å². The second-order valence-corrected chi connectivity index (χ2v) is 7.24. The van der Waals surface area contributed by atoms with Gasteiger partial charge in [-0.2, -0.15) is 0 Å². The van der Waals surface area contributed by atoms with E-state index in [1.54, 1.807) is 6.07 Å². The Kier molecular flexibility index (Phi) is 5.43. The normalized spacial score (nSPS) is 15.8. The molecular weight excluding hydrogens is 374 g/mol. The van der Waals surface area contributed by atoms with Crippen molar-refractivity contribution in [1.82, 2.24) is 4.90 Å². The van der Waals surface area contributed by atoms with E-state index in [1.807, 2.05) is 30.3 Å². The zero-order valence-electron chi connectivity index (χ0n) is 13.5. The third kappa shape index (κ3) is 3.97. The summed E-state index contributed by atoms with van der Waals surface area (Å²) < 4.78 is 5.74. The van der Waals surface area contributed by atoms with Crippen LogP contribution < -0.4 is 0 Å². The van der Waals surface area contributed by atoms with Crippen LogP contribution in [0.5, 0.6) is 5.95 Å². The molecule has 134 valence electrons. The van der Waals surface area contributed by atoms with Gasteiger partial charge in [0.15, 0.2) is 0 Å². The van der Waals surface area contributed by atoms with Gasteiger partial charge >= 0.3 is 5.97 Å². The molecule has 0 spiro atoms. The van der Waals surface area contributed by atoms with E-state index in [1.165, 1.54) is 11.0 Å². The number of nitrogens with zero attached hydrogens (tertiary/aromatic N) is 1. The van der Waals surface area contributed by atoms with E-state index >= 15 is 0 Å². The molecule has 6 nitrogen and oxygen atoms in total. The van der Waals surface area contributed by atoms with Gasteiger partial charge in [0, 0.05) is 18.5 Å². The number of rotatable bonds is 6. The number of thioether (sulfide) groups is 1. The van der Waals surface area contributed by atoms with Crippen molar-refractivity contribution in [1.29, 1.82) is 0 Å². The molecule has 0 saturated carbocycles. The van der Waals surface area contributed by atoms with Crippen molar-refractivity contribution < 1.29 is 24.2 Å². The largest absolute Gasteiger partial charge is 0.481 e. The Bertz CT molecular complexity index is 888. The average Bonchev–Trinajstić information content (AvgIpc) is 3.10. The second kappa shape index (κ2) is 7.76. The van der Waals surface area contributed by atoms with Crippen molar-refractivity contribution in [2.24, 2.45) is 0 Å². The lowest BCUT2D eigenvalue weighted by molar-refractivity contribution is -0.137. The number of amides is 1. The van der Waals surface area contributed by atoms with E-state index in [4.69, 9.17) is 21.7 Å². The summed E-state index contributed by atoms with van der Waals surface area (Å²) in [5, 5.41) is 18.7. The van der Waals surface area contributed by atoms with Crippen molar-refractivity contribution >= 4 is 46.3 Å². The molecule has 3 rings (SSSR count). The van der Waals surface area contributed by atoms with Crippen LogP contribution in [0.1, 0.15) is 18.4 Å². The molecule has 0 unspecified atom stereocenters. The van der Waals surface area contributed by atoms with Gasteiger partial charge in [-0.15, -0.1) is 0 Å². The van der Waals surface area contributed by atoms with Crippen LogP contribution in [0, 0.1) is 0 Å². The van der Waals surface area contributed by atoms with Gasteiger partial charge in [0.05, 0.1) is 10.5 Å². The van der Waals surface area contributed by atoms with Crippen molar-refractivity contribution in [3.8, 4) is 17.3 Å². The number of carbonyl (C=O) groups is 2. The maximum absolute atomic E-state index is 12.5. The molecule has 1 aromatic carbocycles. The van der Waals surface area contributed by atoms with Crippen molar-refractivity contribution in [3.63, 3.8) is 0 Å². The van der Waals surface area contributed by atoms with E-state index in [-0.39, 0.29) is 24.8 Å². The van der Waals surface area contributed by atoms with E-state index in [9.17, 15) is 14.7 Å². The van der Waals surface area contributed by atoms with E-state index in [2.05, 4.69) is 0 Å². The Morgan fingerprint density at radius 1 is 1.31 bits per heavy atom. The van der Waals surface area contributed by atoms with Gasteiger partial charge in [-0.05, 0) is 18.6 Å². The lowest BCUT2D eigenvalue weighted by atomic mass is 10.1. The quantitative estimate of drug-likeness (QED) is 0.575. The van der Waals surface area contributed by atoms with E-state index in [0.717, 1.165) is 17.3 Å². The lowest BCUT2D eigenvalue weighted by Gasteiger charge is -2.13. The Labute approximate surface area is 159 Å². The van der Waals surface area contributed by atoms with Crippen LogP contribution in [0.25, 0.3) is 17.4 Å². The molecule has 1 fully saturated rings. The highest BCUT2D eigenvalue weighted by Crippen LogP contribution is 2.36. The summed E-state index contributed by atoms with van der Waals surface area (Å²) in [6.45, 7) is 0.251. The van der Waals surface area contributed by atoms with Crippen LogP contribution in [-0.4, -0.2) is 37.9 Å². The van der Waals surface area contributed by atoms with Crippen LogP contribution >= 0.6 is 24.0 Å². The Balaban J connectivity index is 1.78. The van der Waals surface area contributed by atoms with E-state index in [0.29, 0.717) is 27.0 Å². The highest BCUT2D eigenvalue weighted by molar-refractivity contribution is 8.26. The minimum absolute atomic E-state index is 0.0287. The summed E-state index contributed by atoms with van der Waals surface area (Å²) in [4.78, 5) is 24.8.